The highest BCUT2D eigenvalue weighted by Crippen LogP contribution is 2.23. The smallest absolute Gasteiger partial charge is 0.293 e. The quantitative estimate of drug-likeness (QED) is 0.445. The second-order valence-electron chi connectivity index (χ2n) is 6.71. The van der Waals surface area contributed by atoms with Crippen LogP contribution in [0.15, 0.2) is 82.8 Å². The van der Waals surface area contributed by atoms with Gasteiger partial charge in [-0.3, -0.25) is 14.9 Å². The molecule has 0 fully saturated rings. The van der Waals surface area contributed by atoms with Gasteiger partial charge in [-0.1, -0.05) is 42.5 Å². The molecular weight excluding hydrogens is 417 g/mol. The van der Waals surface area contributed by atoms with Crippen LogP contribution in [0.1, 0.15) is 33.4 Å². The number of halogens is 1. The van der Waals surface area contributed by atoms with Crippen molar-refractivity contribution in [3.63, 3.8) is 0 Å². The number of anilines is 1. The number of amides is 2. The molecule has 2 aromatic heterocycles. The summed E-state index contributed by atoms with van der Waals surface area (Å²) in [6.07, 6.45) is 1.45. The van der Waals surface area contributed by atoms with Gasteiger partial charge in [0.1, 0.15) is 5.82 Å². The fourth-order valence-electron chi connectivity index (χ4n) is 3.05. The van der Waals surface area contributed by atoms with E-state index in [1.165, 1.54) is 29.7 Å². The highest BCUT2D eigenvalue weighted by atomic mass is 32.1. The molecule has 4 aromatic rings. The van der Waals surface area contributed by atoms with Crippen molar-refractivity contribution >= 4 is 28.3 Å². The first-order chi connectivity index (χ1) is 15.1. The number of thiazole rings is 1. The first-order valence-corrected chi connectivity index (χ1v) is 10.4. The highest BCUT2D eigenvalue weighted by Gasteiger charge is 2.18. The number of carbonyl (C=O) groups excluding carboxylic acids is 2. The molecular formula is C23H18FN3O3S. The van der Waals surface area contributed by atoms with E-state index in [0.717, 1.165) is 11.1 Å². The molecule has 2 amide bonds. The summed E-state index contributed by atoms with van der Waals surface area (Å²) in [4.78, 5) is 29.1. The van der Waals surface area contributed by atoms with Crippen molar-refractivity contribution < 1.29 is 18.4 Å². The van der Waals surface area contributed by atoms with Crippen LogP contribution in [0, 0.1) is 5.82 Å². The van der Waals surface area contributed by atoms with Gasteiger partial charge < -0.3 is 9.73 Å². The third-order valence-corrected chi connectivity index (χ3v) is 5.31. The molecule has 2 heterocycles. The third kappa shape index (κ3) is 5.23. The second-order valence-corrected chi connectivity index (χ2v) is 7.57. The van der Waals surface area contributed by atoms with Crippen LogP contribution in [0.2, 0.25) is 0 Å². The predicted octanol–water partition coefficient (Wildman–Crippen LogP) is 4.58. The highest BCUT2D eigenvalue weighted by molar-refractivity contribution is 7.14. The van der Waals surface area contributed by atoms with E-state index in [4.69, 9.17) is 4.42 Å². The molecule has 0 radical (unpaired) electrons. The number of rotatable bonds is 7. The van der Waals surface area contributed by atoms with Gasteiger partial charge in [0.25, 0.3) is 5.91 Å². The molecule has 0 bridgehead atoms. The summed E-state index contributed by atoms with van der Waals surface area (Å²) < 4.78 is 18.4. The summed E-state index contributed by atoms with van der Waals surface area (Å²) in [5.74, 6) is -0.809. The Morgan fingerprint density at radius 1 is 1.00 bits per heavy atom. The van der Waals surface area contributed by atoms with Crippen LogP contribution >= 0.6 is 11.3 Å². The molecule has 6 nitrogen and oxygen atoms in total. The van der Waals surface area contributed by atoms with E-state index in [1.807, 2.05) is 30.3 Å². The molecule has 1 atom stereocenters. The van der Waals surface area contributed by atoms with Gasteiger partial charge in [0.15, 0.2) is 10.9 Å². The van der Waals surface area contributed by atoms with Gasteiger partial charge in [0.05, 0.1) is 24.4 Å². The summed E-state index contributed by atoms with van der Waals surface area (Å²) in [5, 5.41) is 7.73. The number of nitrogens with zero attached hydrogens (tertiary/aromatic N) is 1. The topological polar surface area (TPSA) is 84.2 Å². The fraction of sp³-hybridized carbons (Fsp3) is 0.0870. The van der Waals surface area contributed by atoms with E-state index < -0.39 is 11.9 Å². The Kier molecular flexibility index (Phi) is 6.18. The number of hydrogen-bond acceptors (Lipinski definition) is 5. The van der Waals surface area contributed by atoms with Gasteiger partial charge in [-0.05, 0) is 35.4 Å². The molecule has 4 rings (SSSR count). The molecule has 2 N–H and O–H groups in total. The summed E-state index contributed by atoms with van der Waals surface area (Å²) in [7, 11) is 0. The Morgan fingerprint density at radius 3 is 2.45 bits per heavy atom. The predicted molar refractivity (Wildman–Crippen MR) is 115 cm³/mol. The van der Waals surface area contributed by atoms with E-state index in [0.29, 0.717) is 10.8 Å². The van der Waals surface area contributed by atoms with Gasteiger partial charge in [-0.2, -0.15) is 0 Å². The maximum Gasteiger partial charge on any atom is 0.293 e. The normalized spacial score (nSPS) is 11.6. The van der Waals surface area contributed by atoms with Crippen molar-refractivity contribution in [1.29, 1.82) is 0 Å². The lowest BCUT2D eigenvalue weighted by atomic mass is 9.98. The number of carbonyl (C=O) groups is 2. The zero-order valence-corrected chi connectivity index (χ0v) is 17.1. The molecule has 0 aliphatic carbocycles. The Morgan fingerprint density at radius 2 is 1.74 bits per heavy atom. The van der Waals surface area contributed by atoms with Crippen molar-refractivity contribution in [3.05, 3.63) is 107 Å². The van der Waals surface area contributed by atoms with E-state index in [-0.39, 0.29) is 23.9 Å². The fourth-order valence-corrected chi connectivity index (χ4v) is 3.75. The molecule has 0 saturated heterocycles. The minimum absolute atomic E-state index is 0.0393. The molecule has 31 heavy (non-hydrogen) atoms. The lowest BCUT2D eigenvalue weighted by molar-refractivity contribution is -0.121. The number of hydrogen-bond donors (Lipinski definition) is 2. The van der Waals surface area contributed by atoms with Crippen molar-refractivity contribution in [2.45, 2.75) is 12.5 Å². The molecule has 0 aliphatic rings. The lowest BCUT2D eigenvalue weighted by Gasteiger charge is -2.19. The van der Waals surface area contributed by atoms with Crippen molar-refractivity contribution in [2.24, 2.45) is 0 Å². The summed E-state index contributed by atoms with van der Waals surface area (Å²) in [5.41, 5.74) is 2.18. The maximum absolute atomic E-state index is 13.4. The van der Waals surface area contributed by atoms with Crippen LogP contribution in [0.4, 0.5) is 9.52 Å². The molecule has 0 saturated carbocycles. The largest absolute Gasteiger partial charge is 0.459 e. The van der Waals surface area contributed by atoms with Gasteiger partial charge in [-0.15, -0.1) is 11.3 Å². The first kappa shape index (κ1) is 20.5. The molecule has 2 aromatic carbocycles. The first-order valence-electron chi connectivity index (χ1n) is 9.47. The van der Waals surface area contributed by atoms with Crippen LogP contribution in [-0.2, 0) is 11.2 Å². The molecule has 0 spiro atoms. The monoisotopic (exact) mass is 435 g/mol. The Bertz CT molecular complexity index is 1160. The van der Waals surface area contributed by atoms with Gasteiger partial charge in [0, 0.05) is 5.38 Å². The molecule has 0 aliphatic heterocycles. The molecule has 156 valence electrons. The Balaban J connectivity index is 1.44. The van der Waals surface area contributed by atoms with Crippen molar-refractivity contribution in [2.75, 3.05) is 5.32 Å². The van der Waals surface area contributed by atoms with Crippen LogP contribution in [0.3, 0.4) is 0 Å². The summed E-state index contributed by atoms with van der Waals surface area (Å²) in [6, 6.07) is 18.2. The van der Waals surface area contributed by atoms with E-state index in [9.17, 15) is 14.0 Å². The lowest BCUT2D eigenvalue weighted by Crippen LogP contribution is -2.30. The van der Waals surface area contributed by atoms with Gasteiger partial charge in [0.2, 0.25) is 5.91 Å². The van der Waals surface area contributed by atoms with E-state index in [1.54, 1.807) is 29.6 Å². The van der Waals surface area contributed by atoms with Crippen LogP contribution in [-0.4, -0.2) is 16.8 Å². The molecule has 8 heteroatoms. The standard InChI is InChI=1S/C23H18FN3O3S/c24-17-10-8-16(9-11-17)21(15-5-2-1-3-6-15)26-20(28)13-18-14-31-23(25-18)27-22(29)19-7-4-12-30-19/h1-12,14,21H,13H2,(H,26,28)(H,25,27,29). The van der Waals surface area contributed by atoms with E-state index >= 15 is 0 Å². The Labute approximate surface area is 181 Å². The number of nitrogens with one attached hydrogen (secondary N) is 2. The van der Waals surface area contributed by atoms with Crippen LogP contribution in [0.25, 0.3) is 0 Å². The van der Waals surface area contributed by atoms with Gasteiger partial charge in [-0.25, -0.2) is 9.37 Å². The average Bonchev–Trinajstić information content (AvgIpc) is 3.46. The van der Waals surface area contributed by atoms with Crippen LogP contribution < -0.4 is 10.6 Å². The van der Waals surface area contributed by atoms with Crippen LogP contribution in [0.5, 0.6) is 0 Å². The minimum atomic E-state index is -0.425. The number of furan rings is 1. The zero-order chi connectivity index (χ0) is 21.6. The average molecular weight is 435 g/mol. The summed E-state index contributed by atoms with van der Waals surface area (Å²) >= 11 is 1.22. The SMILES string of the molecule is O=C(Cc1csc(NC(=O)c2ccco2)n1)NC(c1ccccc1)c1ccc(F)cc1. The second kappa shape index (κ2) is 9.36. The third-order valence-electron chi connectivity index (χ3n) is 4.50. The maximum atomic E-state index is 13.4. The summed E-state index contributed by atoms with van der Waals surface area (Å²) in [6.45, 7) is 0. The van der Waals surface area contributed by atoms with Crippen molar-refractivity contribution in [3.8, 4) is 0 Å². The van der Waals surface area contributed by atoms with Gasteiger partial charge >= 0.3 is 0 Å². The molecule has 1 unspecified atom stereocenters. The zero-order valence-electron chi connectivity index (χ0n) is 16.2. The Hall–Kier alpha value is -3.78. The number of benzene rings is 2. The van der Waals surface area contributed by atoms with E-state index in [2.05, 4.69) is 15.6 Å². The minimum Gasteiger partial charge on any atom is -0.459 e. The van der Waals surface area contributed by atoms with Crippen molar-refractivity contribution in [1.82, 2.24) is 10.3 Å². The number of aromatic nitrogens is 1.